The number of carbonyl (C=O) groups excluding carboxylic acids is 1. The number of oxazole rings is 1. The number of hydrogen-bond acceptors (Lipinski definition) is 11. The number of rotatable bonds is 7. The third-order valence-corrected chi connectivity index (χ3v) is 7.05. The van der Waals surface area contributed by atoms with Crippen LogP contribution in [0.3, 0.4) is 0 Å². The molecular weight excluding hydrogens is 470 g/mol. The Morgan fingerprint density at radius 1 is 1.09 bits per heavy atom. The quantitative estimate of drug-likeness (QED) is 0.407. The molecule has 1 fully saturated rings. The van der Waals surface area contributed by atoms with Crippen molar-refractivity contribution in [2.75, 3.05) is 38.6 Å². The first-order valence-electron chi connectivity index (χ1n) is 11.4. The van der Waals surface area contributed by atoms with E-state index in [1.807, 2.05) is 16.7 Å². The van der Waals surface area contributed by atoms with E-state index in [-0.39, 0.29) is 0 Å². The summed E-state index contributed by atoms with van der Waals surface area (Å²) < 4.78 is 19.2. The average molecular weight is 494 g/mol. The standard InChI is InChI=1S/C23H23N7O4S/c24-20-19-21(27-13-26-20)30(5-1-4-29-6-2-14(31)12-29)23(28-19)35-18-11-17-16(32-8-9-33-17)10-15(18)22-25-3-7-34-22/h3,7,10-11,13H,1-2,4-6,8-9,12H2,(H2,24,26,27). The summed E-state index contributed by atoms with van der Waals surface area (Å²) in [6, 6.07) is 3.81. The number of carbonyl (C=O) groups is 1. The fourth-order valence-electron chi connectivity index (χ4n) is 4.32. The molecule has 0 bridgehead atoms. The number of ether oxygens (including phenoxy) is 2. The van der Waals surface area contributed by atoms with E-state index in [2.05, 4.69) is 19.9 Å². The van der Waals surface area contributed by atoms with Gasteiger partial charge in [0.15, 0.2) is 33.6 Å². The van der Waals surface area contributed by atoms with E-state index in [1.165, 1.54) is 24.4 Å². The Labute approximate surface area is 204 Å². The second-order valence-electron chi connectivity index (χ2n) is 8.33. The van der Waals surface area contributed by atoms with Gasteiger partial charge in [-0.25, -0.2) is 19.9 Å². The fourth-order valence-corrected chi connectivity index (χ4v) is 5.37. The highest BCUT2D eigenvalue weighted by atomic mass is 32.2. The van der Waals surface area contributed by atoms with Gasteiger partial charge in [0.25, 0.3) is 0 Å². The number of likely N-dealkylation sites (tertiary alicyclic amines) is 1. The maximum Gasteiger partial charge on any atom is 0.227 e. The van der Waals surface area contributed by atoms with E-state index >= 15 is 0 Å². The van der Waals surface area contributed by atoms with Crippen LogP contribution in [-0.2, 0) is 11.3 Å². The van der Waals surface area contributed by atoms with Gasteiger partial charge in [0.1, 0.15) is 31.6 Å². The summed E-state index contributed by atoms with van der Waals surface area (Å²) in [4.78, 5) is 32.4. The van der Waals surface area contributed by atoms with E-state index in [9.17, 15) is 4.79 Å². The molecule has 4 aromatic rings. The van der Waals surface area contributed by atoms with Gasteiger partial charge in [0.05, 0.1) is 18.3 Å². The van der Waals surface area contributed by atoms with Gasteiger partial charge in [0, 0.05) is 31.0 Å². The minimum Gasteiger partial charge on any atom is -0.486 e. The zero-order valence-electron chi connectivity index (χ0n) is 18.8. The zero-order chi connectivity index (χ0) is 23.8. The molecular formula is C23H23N7O4S. The van der Waals surface area contributed by atoms with Crippen LogP contribution in [0.4, 0.5) is 5.82 Å². The third-order valence-electron chi connectivity index (χ3n) is 6.00. The van der Waals surface area contributed by atoms with Gasteiger partial charge in [-0.3, -0.25) is 9.69 Å². The first-order chi connectivity index (χ1) is 17.2. The van der Waals surface area contributed by atoms with Crippen LogP contribution in [0.2, 0.25) is 0 Å². The van der Waals surface area contributed by atoms with Crippen LogP contribution in [0.25, 0.3) is 22.6 Å². The number of anilines is 1. The van der Waals surface area contributed by atoms with E-state index in [0.29, 0.717) is 78.0 Å². The molecule has 0 atom stereocenters. The van der Waals surface area contributed by atoms with Crippen LogP contribution in [0, 0.1) is 0 Å². The monoisotopic (exact) mass is 493 g/mol. The van der Waals surface area contributed by atoms with Crippen molar-refractivity contribution < 1.29 is 18.7 Å². The molecule has 2 aliphatic rings. The molecule has 35 heavy (non-hydrogen) atoms. The van der Waals surface area contributed by atoms with E-state index in [4.69, 9.17) is 24.6 Å². The lowest BCUT2D eigenvalue weighted by molar-refractivity contribution is -0.116. The molecule has 0 unspecified atom stereocenters. The average Bonchev–Trinajstić information content (AvgIpc) is 3.61. The van der Waals surface area contributed by atoms with Crippen molar-refractivity contribution >= 4 is 34.5 Å². The molecule has 6 rings (SSSR count). The van der Waals surface area contributed by atoms with Crippen molar-refractivity contribution in [1.82, 2.24) is 29.4 Å². The van der Waals surface area contributed by atoms with Crippen molar-refractivity contribution in [3.8, 4) is 23.0 Å². The summed E-state index contributed by atoms with van der Waals surface area (Å²) >= 11 is 1.45. The molecule has 2 N–H and O–H groups in total. The third kappa shape index (κ3) is 4.30. The topological polar surface area (TPSA) is 134 Å². The van der Waals surface area contributed by atoms with Gasteiger partial charge >= 0.3 is 0 Å². The number of nitrogens with zero attached hydrogens (tertiary/aromatic N) is 6. The number of fused-ring (bicyclic) bond motifs is 2. The summed E-state index contributed by atoms with van der Waals surface area (Å²) in [7, 11) is 0. The minimum absolute atomic E-state index is 0.299. The predicted octanol–water partition coefficient (Wildman–Crippen LogP) is 2.65. The number of nitrogens with two attached hydrogens (primary N) is 1. The van der Waals surface area contributed by atoms with Crippen LogP contribution >= 0.6 is 11.8 Å². The Morgan fingerprint density at radius 2 is 1.94 bits per heavy atom. The molecule has 3 aromatic heterocycles. The molecule has 12 heteroatoms. The fraction of sp³-hybridized carbons (Fsp3) is 0.348. The molecule has 0 amide bonds. The van der Waals surface area contributed by atoms with Crippen molar-refractivity contribution in [2.45, 2.75) is 29.4 Å². The van der Waals surface area contributed by atoms with Gasteiger partial charge in [-0.2, -0.15) is 0 Å². The highest BCUT2D eigenvalue weighted by molar-refractivity contribution is 7.99. The molecule has 0 spiro atoms. The van der Waals surface area contributed by atoms with Crippen molar-refractivity contribution in [3.63, 3.8) is 0 Å². The Bertz CT molecular complexity index is 1390. The molecule has 0 saturated carbocycles. The first kappa shape index (κ1) is 21.9. The van der Waals surface area contributed by atoms with E-state index in [0.717, 1.165) is 30.0 Å². The summed E-state index contributed by atoms with van der Waals surface area (Å²) in [6.45, 7) is 3.80. The molecule has 1 aromatic carbocycles. The van der Waals surface area contributed by atoms with E-state index < -0.39 is 0 Å². The van der Waals surface area contributed by atoms with Gasteiger partial charge in [0.2, 0.25) is 5.89 Å². The summed E-state index contributed by atoms with van der Waals surface area (Å²) in [5.41, 5.74) is 8.14. The highest BCUT2D eigenvalue weighted by Crippen LogP contribution is 2.43. The summed E-state index contributed by atoms with van der Waals surface area (Å²) in [6.07, 6.45) is 6.06. The maximum absolute atomic E-state index is 11.6. The largest absolute Gasteiger partial charge is 0.486 e. The Balaban J connectivity index is 1.36. The lowest BCUT2D eigenvalue weighted by atomic mass is 10.2. The first-order valence-corrected chi connectivity index (χ1v) is 12.2. The van der Waals surface area contributed by atoms with Gasteiger partial charge < -0.3 is 24.2 Å². The van der Waals surface area contributed by atoms with Crippen LogP contribution in [0.1, 0.15) is 12.8 Å². The number of benzene rings is 1. The van der Waals surface area contributed by atoms with E-state index in [1.54, 1.807) is 6.20 Å². The molecule has 0 aliphatic carbocycles. The number of hydrogen-bond donors (Lipinski definition) is 1. The molecule has 11 nitrogen and oxygen atoms in total. The normalized spacial score (nSPS) is 15.8. The molecule has 0 radical (unpaired) electrons. The zero-order valence-corrected chi connectivity index (χ0v) is 19.7. The Kier molecular flexibility index (Phi) is 5.74. The number of aryl methyl sites for hydroxylation is 1. The van der Waals surface area contributed by atoms with Crippen molar-refractivity contribution in [3.05, 3.63) is 30.9 Å². The van der Waals surface area contributed by atoms with Crippen LogP contribution < -0.4 is 15.2 Å². The second kappa shape index (κ2) is 9.19. The Hall–Kier alpha value is -3.64. The highest BCUT2D eigenvalue weighted by Gasteiger charge is 2.23. The SMILES string of the molecule is Nc1ncnc2c1nc(Sc1cc3c(cc1-c1ncco1)OCCO3)n2CCCN1CCC(=O)C1. The summed E-state index contributed by atoms with van der Waals surface area (Å²) in [5, 5.41) is 0.717. The van der Waals surface area contributed by atoms with Crippen LogP contribution in [0.5, 0.6) is 11.5 Å². The number of imidazole rings is 1. The van der Waals surface area contributed by atoms with Crippen molar-refractivity contribution in [1.29, 1.82) is 0 Å². The summed E-state index contributed by atoms with van der Waals surface area (Å²) in [5.74, 6) is 2.42. The van der Waals surface area contributed by atoms with Crippen LogP contribution in [-0.4, -0.2) is 68.0 Å². The molecule has 1 saturated heterocycles. The van der Waals surface area contributed by atoms with Gasteiger partial charge in [-0.15, -0.1) is 0 Å². The lowest BCUT2D eigenvalue weighted by Crippen LogP contribution is -2.23. The predicted molar refractivity (Wildman–Crippen MR) is 127 cm³/mol. The molecule has 5 heterocycles. The number of ketones is 1. The molecule has 180 valence electrons. The van der Waals surface area contributed by atoms with Gasteiger partial charge in [-0.05, 0) is 18.6 Å². The van der Waals surface area contributed by atoms with Crippen LogP contribution in [0.15, 0.2) is 45.4 Å². The van der Waals surface area contributed by atoms with Gasteiger partial charge in [-0.1, -0.05) is 11.8 Å². The number of aromatic nitrogens is 5. The second-order valence-corrected chi connectivity index (χ2v) is 9.34. The lowest BCUT2D eigenvalue weighted by Gasteiger charge is -2.20. The van der Waals surface area contributed by atoms with Crippen molar-refractivity contribution in [2.24, 2.45) is 0 Å². The molecule has 2 aliphatic heterocycles. The smallest absolute Gasteiger partial charge is 0.227 e. The minimum atomic E-state index is 0.299. The number of nitrogen functional groups attached to an aromatic ring is 1. The number of Topliss-reactive ketones (excluding diaryl/α,β-unsaturated/α-hetero) is 1. The maximum atomic E-state index is 11.6. The Morgan fingerprint density at radius 3 is 2.71 bits per heavy atom.